The van der Waals surface area contributed by atoms with E-state index in [1.54, 1.807) is 23.6 Å². The Morgan fingerprint density at radius 2 is 1.77 bits per heavy atom. The first-order valence-corrected chi connectivity index (χ1v) is 15.2. The third-order valence-corrected chi connectivity index (χ3v) is 11.1. The molecular formula is C31H40N4O4S. The van der Waals surface area contributed by atoms with Crippen molar-refractivity contribution in [3.8, 4) is 0 Å². The maximum Gasteiger partial charge on any atom is 0.248 e. The fourth-order valence-corrected chi connectivity index (χ4v) is 9.49. The van der Waals surface area contributed by atoms with Crippen molar-refractivity contribution in [1.82, 2.24) is 10.2 Å². The molecule has 2 aromatic carbocycles. The van der Waals surface area contributed by atoms with Gasteiger partial charge in [-0.1, -0.05) is 37.3 Å². The molecule has 8 nitrogen and oxygen atoms in total. The Labute approximate surface area is 240 Å². The highest BCUT2D eigenvalue weighted by Gasteiger charge is 2.76. The second-order valence-corrected chi connectivity index (χ2v) is 12.8. The second-order valence-electron chi connectivity index (χ2n) is 11.2. The van der Waals surface area contributed by atoms with E-state index in [9.17, 15) is 19.5 Å². The number of carbonyl (C=O) groups excluding carboxylic acids is 3. The van der Waals surface area contributed by atoms with Crippen molar-refractivity contribution >= 4 is 40.9 Å². The number of likely N-dealkylation sites (tertiary alicyclic amines) is 1. The highest BCUT2D eigenvalue weighted by molar-refractivity contribution is 8.02. The Bertz CT molecular complexity index is 1240. The molecule has 3 amide bonds. The molecule has 0 aliphatic carbocycles. The van der Waals surface area contributed by atoms with Gasteiger partial charge in [-0.15, -0.1) is 11.8 Å². The van der Waals surface area contributed by atoms with Crippen molar-refractivity contribution in [1.29, 1.82) is 0 Å². The third kappa shape index (κ3) is 4.67. The van der Waals surface area contributed by atoms with Crippen molar-refractivity contribution < 1.29 is 19.5 Å². The van der Waals surface area contributed by atoms with Crippen LogP contribution in [0.2, 0.25) is 0 Å². The number of benzene rings is 2. The number of aliphatic hydroxyl groups is 1. The van der Waals surface area contributed by atoms with Gasteiger partial charge < -0.3 is 25.5 Å². The Hall–Kier alpha value is -3.04. The molecule has 3 heterocycles. The third-order valence-electron chi connectivity index (χ3n) is 9.05. The first kappa shape index (κ1) is 28.5. The molecule has 3 unspecified atom stereocenters. The zero-order valence-electron chi connectivity index (χ0n) is 23.7. The van der Waals surface area contributed by atoms with Crippen LogP contribution in [0.25, 0.3) is 0 Å². The van der Waals surface area contributed by atoms with Gasteiger partial charge in [0, 0.05) is 36.3 Å². The van der Waals surface area contributed by atoms with Crippen LogP contribution >= 0.6 is 11.8 Å². The molecule has 3 saturated heterocycles. The number of thioether (sulfide) groups is 1. The smallest absolute Gasteiger partial charge is 0.248 e. The maximum atomic E-state index is 14.1. The molecule has 3 aliphatic heterocycles. The van der Waals surface area contributed by atoms with Gasteiger partial charge in [0.1, 0.15) is 6.04 Å². The average molecular weight is 565 g/mol. The van der Waals surface area contributed by atoms with Gasteiger partial charge in [-0.05, 0) is 62.9 Å². The van der Waals surface area contributed by atoms with Gasteiger partial charge in [0.25, 0.3) is 0 Å². The van der Waals surface area contributed by atoms with E-state index in [4.69, 9.17) is 0 Å². The van der Waals surface area contributed by atoms with E-state index in [1.165, 1.54) is 0 Å². The summed E-state index contributed by atoms with van der Waals surface area (Å²) < 4.78 is -0.731. The molecule has 0 radical (unpaired) electrons. The standard InChI is InChI=1S/C31H40N4O4S/c1-5-34(6-2)23-14-12-22(13-15-23)33-29(38)27-31-19(3)16-24(40-31)25(26(31)30(39)35(27)20(4)18-36)28(37)32-17-21-10-8-7-9-11-21/h7-15,19-20,24-27,36H,5-6,16-18H2,1-4H3,(H,32,37)(H,33,38)/t19?,20-,24+,25-,26+,27?,31?/m1/s1. The lowest BCUT2D eigenvalue weighted by atomic mass is 9.66. The number of nitrogens with one attached hydrogen (secondary N) is 2. The maximum absolute atomic E-state index is 14.1. The SMILES string of the molecule is CCN(CC)c1ccc(NC(=O)C2N([C@H](C)CO)C(=O)[C@@H]3[C@H](C(=O)NCc4ccccc4)[C@@H]4CC(C)C23S4)cc1. The minimum atomic E-state index is -0.786. The van der Waals surface area contributed by atoms with E-state index in [0.29, 0.717) is 12.2 Å². The molecule has 7 atom stereocenters. The number of carbonyl (C=O) groups is 3. The number of anilines is 2. The number of amides is 3. The van der Waals surface area contributed by atoms with Crippen molar-refractivity contribution in [2.75, 3.05) is 29.9 Å². The van der Waals surface area contributed by atoms with Crippen LogP contribution in [0.3, 0.4) is 0 Å². The molecule has 0 aromatic heterocycles. The predicted molar refractivity (Wildman–Crippen MR) is 159 cm³/mol. The topological polar surface area (TPSA) is 102 Å². The lowest BCUT2D eigenvalue weighted by molar-refractivity contribution is -0.141. The summed E-state index contributed by atoms with van der Waals surface area (Å²) in [6, 6.07) is 16.1. The van der Waals surface area contributed by atoms with Crippen molar-refractivity contribution in [3.63, 3.8) is 0 Å². The minimum Gasteiger partial charge on any atom is -0.394 e. The summed E-state index contributed by atoms with van der Waals surface area (Å²) in [5.41, 5.74) is 2.73. The summed E-state index contributed by atoms with van der Waals surface area (Å²) in [5.74, 6) is -1.68. The summed E-state index contributed by atoms with van der Waals surface area (Å²) in [6.07, 6.45) is 0.765. The lowest BCUT2D eigenvalue weighted by Crippen LogP contribution is -2.56. The molecule has 9 heteroatoms. The van der Waals surface area contributed by atoms with E-state index in [0.717, 1.165) is 30.8 Å². The van der Waals surface area contributed by atoms with Crippen molar-refractivity contribution in [2.24, 2.45) is 17.8 Å². The highest BCUT2D eigenvalue weighted by Crippen LogP contribution is 2.68. The van der Waals surface area contributed by atoms with Crippen LogP contribution < -0.4 is 15.5 Å². The Morgan fingerprint density at radius 1 is 1.10 bits per heavy atom. The molecule has 40 heavy (non-hydrogen) atoms. The quantitative estimate of drug-likeness (QED) is 0.408. The normalized spacial score (nSPS) is 29.3. The van der Waals surface area contributed by atoms with Gasteiger partial charge in [-0.25, -0.2) is 0 Å². The van der Waals surface area contributed by atoms with Crippen LogP contribution in [0.5, 0.6) is 0 Å². The van der Waals surface area contributed by atoms with Gasteiger partial charge >= 0.3 is 0 Å². The van der Waals surface area contributed by atoms with Gasteiger partial charge in [0.05, 0.1) is 29.2 Å². The lowest BCUT2D eigenvalue weighted by Gasteiger charge is -2.39. The molecule has 2 bridgehead atoms. The van der Waals surface area contributed by atoms with Crippen LogP contribution in [-0.4, -0.2) is 69.5 Å². The first-order valence-electron chi connectivity index (χ1n) is 14.3. The van der Waals surface area contributed by atoms with Gasteiger partial charge in [0.2, 0.25) is 17.7 Å². The molecule has 3 aliphatic rings. The van der Waals surface area contributed by atoms with E-state index in [-0.39, 0.29) is 35.5 Å². The summed E-state index contributed by atoms with van der Waals surface area (Å²) >= 11 is 1.64. The summed E-state index contributed by atoms with van der Waals surface area (Å²) in [7, 11) is 0. The summed E-state index contributed by atoms with van der Waals surface area (Å²) in [6.45, 7) is 9.98. The molecule has 214 valence electrons. The Kier molecular flexibility index (Phi) is 8.15. The second kappa shape index (κ2) is 11.4. The zero-order chi connectivity index (χ0) is 28.6. The number of hydrogen-bond acceptors (Lipinski definition) is 6. The zero-order valence-corrected chi connectivity index (χ0v) is 24.5. The number of rotatable bonds is 10. The van der Waals surface area contributed by atoms with Crippen LogP contribution in [0, 0.1) is 17.8 Å². The monoisotopic (exact) mass is 564 g/mol. The van der Waals surface area contributed by atoms with E-state index in [2.05, 4.69) is 36.3 Å². The Balaban J connectivity index is 1.42. The van der Waals surface area contributed by atoms with Crippen LogP contribution in [0.1, 0.15) is 39.7 Å². The first-order chi connectivity index (χ1) is 19.3. The molecule has 3 N–H and O–H groups in total. The molecule has 0 saturated carbocycles. The summed E-state index contributed by atoms with van der Waals surface area (Å²) in [4.78, 5) is 45.6. The van der Waals surface area contributed by atoms with Gasteiger partial charge in [-0.3, -0.25) is 14.4 Å². The number of hydrogen-bond donors (Lipinski definition) is 3. The molecule has 2 aromatic rings. The van der Waals surface area contributed by atoms with E-state index < -0.39 is 28.7 Å². The Morgan fingerprint density at radius 3 is 2.40 bits per heavy atom. The summed E-state index contributed by atoms with van der Waals surface area (Å²) in [5, 5.41) is 16.2. The van der Waals surface area contributed by atoms with Gasteiger partial charge in [-0.2, -0.15) is 0 Å². The van der Waals surface area contributed by atoms with E-state index in [1.807, 2.05) is 54.6 Å². The molecule has 3 fully saturated rings. The number of fused-ring (bicyclic) bond motifs is 1. The van der Waals surface area contributed by atoms with Gasteiger partial charge in [0.15, 0.2) is 0 Å². The number of aliphatic hydroxyl groups excluding tert-OH is 1. The largest absolute Gasteiger partial charge is 0.394 e. The fourth-order valence-electron chi connectivity index (χ4n) is 7.08. The van der Waals surface area contributed by atoms with Crippen molar-refractivity contribution in [2.45, 2.75) is 62.7 Å². The minimum absolute atomic E-state index is 0.0324. The fraction of sp³-hybridized carbons (Fsp3) is 0.516. The predicted octanol–water partition coefficient (Wildman–Crippen LogP) is 3.51. The molecule has 1 spiro atoms. The van der Waals surface area contributed by atoms with Crippen LogP contribution in [-0.2, 0) is 20.9 Å². The highest BCUT2D eigenvalue weighted by atomic mass is 32.2. The molecule has 5 rings (SSSR count). The number of nitrogens with zero attached hydrogens (tertiary/aromatic N) is 2. The average Bonchev–Trinajstić information content (AvgIpc) is 3.57. The van der Waals surface area contributed by atoms with Crippen LogP contribution in [0.4, 0.5) is 11.4 Å². The van der Waals surface area contributed by atoms with E-state index >= 15 is 0 Å². The molecular weight excluding hydrogens is 524 g/mol. The van der Waals surface area contributed by atoms with Crippen LogP contribution in [0.15, 0.2) is 54.6 Å². The van der Waals surface area contributed by atoms with Crippen molar-refractivity contribution in [3.05, 3.63) is 60.2 Å².